The van der Waals surface area contributed by atoms with Gasteiger partial charge in [-0.05, 0) is 17.7 Å². The molecule has 26 heavy (non-hydrogen) atoms. The van der Waals surface area contributed by atoms with Gasteiger partial charge in [-0.2, -0.15) is 0 Å². The lowest BCUT2D eigenvalue weighted by molar-refractivity contribution is 0.0157. The lowest BCUT2D eigenvalue weighted by atomic mass is 10.1. The molecule has 1 unspecified atom stereocenters. The molecule has 3 atom stereocenters. The summed E-state index contributed by atoms with van der Waals surface area (Å²) < 4.78 is 8.25. The predicted octanol–water partition coefficient (Wildman–Crippen LogP) is 1.32. The van der Waals surface area contributed by atoms with Crippen LogP contribution < -0.4 is 5.32 Å². The van der Waals surface area contributed by atoms with Gasteiger partial charge in [0, 0.05) is 11.0 Å². The first kappa shape index (κ1) is 17.3. The van der Waals surface area contributed by atoms with Crippen LogP contribution in [0, 0.1) is 0 Å². The highest BCUT2D eigenvalue weighted by atomic mass is 79.9. The number of halogens is 1. The average Bonchev–Trinajstić information content (AvgIpc) is 3.19. The quantitative estimate of drug-likeness (QED) is 0.572. The third-order valence-corrected chi connectivity index (χ3v) is 4.88. The predicted molar refractivity (Wildman–Crippen MR) is 98.5 cm³/mol. The van der Waals surface area contributed by atoms with Crippen molar-refractivity contribution in [2.75, 3.05) is 11.9 Å². The number of aliphatic hydroxyl groups is 2. The molecule has 1 fully saturated rings. The monoisotopic (exact) mass is 419 g/mol. The zero-order valence-corrected chi connectivity index (χ0v) is 15.4. The van der Waals surface area contributed by atoms with Crippen molar-refractivity contribution in [1.29, 1.82) is 0 Å². The Morgan fingerprint density at radius 3 is 2.92 bits per heavy atom. The smallest absolute Gasteiger partial charge is 0.165 e. The number of hydrogen-bond acceptors (Lipinski definition) is 7. The summed E-state index contributed by atoms with van der Waals surface area (Å²) in [6.07, 6.45) is 0.861. The first-order chi connectivity index (χ1) is 12.6. The van der Waals surface area contributed by atoms with Crippen LogP contribution in [-0.4, -0.2) is 54.7 Å². The van der Waals surface area contributed by atoms with E-state index in [1.165, 1.54) is 6.33 Å². The van der Waals surface area contributed by atoms with Crippen molar-refractivity contribution in [3.63, 3.8) is 0 Å². The van der Waals surface area contributed by atoms with E-state index < -0.39 is 18.3 Å². The van der Waals surface area contributed by atoms with Crippen molar-refractivity contribution in [3.05, 3.63) is 47.0 Å². The third-order valence-electron chi connectivity index (χ3n) is 4.38. The third kappa shape index (κ3) is 3.43. The van der Waals surface area contributed by atoms with Gasteiger partial charge >= 0.3 is 0 Å². The summed E-state index contributed by atoms with van der Waals surface area (Å²) in [6.45, 7) is 1.10. The first-order valence-electron chi connectivity index (χ1n) is 8.23. The number of nitrogens with zero attached hydrogens (tertiary/aromatic N) is 4. The summed E-state index contributed by atoms with van der Waals surface area (Å²) in [4.78, 5) is 13.0. The zero-order valence-electron chi connectivity index (χ0n) is 13.8. The molecule has 136 valence electrons. The van der Waals surface area contributed by atoms with Gasteiger partial charge in [-0.3, -0.25) is 0 Å². The molecule has 0 spiro atoms. The second-order valence-electron chi connectivity index (χ2n) is 6.20. The number of nitrogens with one attached hydrogen (secondary N) is 1. The molecule has 1 aliphatic rings. The van der Waals surface area contributed by atoms with Crippen LogP contribution in [0.4, 0.5) is 5.82 Å². The highest BCUT2D eigenvalue weighted by Crippen LogP contribution is 2.22. The molecule has 0 bridgehead atoms. The zero-order chi connectivity index (χ0) is 18.1. The van der Waals surface area contributed by atoms with Crippen LogP contribution >= 0.6 is 15.9 Å². The van der Waals surface area contributed by atoms with E-state index in [4.69, 9.17) is 4.74 Å². The fourth-order valence-corrected chi connectivity index (χ4v) is 3.44. The SMILES string of the molecule is OC1[C@H](O)CO[C@@H]1Cn1cnc2c(NCc3cccc(Br)c3)ncnc21. The van der Waals surface area contributed by atoms with Gasteiger partial charge in [0.25, 0.3) is 0 Å². The molecule has 4 rings (SSSR count). The summed E-state index contributed by atoms with van der Waals surface area (Å²) in [5, 5.41) is 22.9. The van der Waals surface area contributed by atoms with Gasteiger partial charge < -0.3 is 24.8 Å². The Labute approximate surface area is 158 Å². The molecule has 8 nitrogen and oxygen atoms in total. The van der Waals surface area contributed by atoms with Crippen molar-refractivity contribution in [1.82, 2.24) is 19.5 Å². The van der Waals surface area contributed by atoms with Crippen molar-refractivity contribution in [2.45, 2.75) is 31.4 Å². The highest BCUT2D eigenvalue weighted by Gasteiger charge is 2.35. The summed E-state index contributed by atoms with van der Waals surface area (Å²) in [5.41, 5.74) is 2.41. The Morgan fingerprint density at radius 1 is 1.27 bits per heavy atom. The van der Waals surface area contributed by atoms with E-state index in [-0.39, 0.29) is 6.61 Å². The molecule has 3 heterocycles. The number of aromatic nitrogens is 4. The van der Waals surface area contributed by atoms with Crippen LogP contribution in [0.15, 0.2) is 41.4 Å². The van der Waals surface area contributed by atoms with E-state index in [2.05, 4.69) is 36.2 Å². The van der Waals surface area contributed by atoms with Crippen molar-refractivity contribution < 1.29 is 14.9 Å². The Morgan fingerprint density at radius 2 is 2.15 bits per heavy atom. The van der Waals surface area contributed by atoms with E-state index in [9.17, 15) is 10.2 Å². The van der Waals surface area contributed by atoms with Crippen LogP contribution in [0.25, 0.3) is 11.2 Å². The minimum absolute atomic E-state index is 0.132. The van der Waals surface area contributed by atoms with Gasteiger partial charge in [0.1, 0.15) is 30.2 Å². The molecule has 0 amide bonds. The van der Waals surface area contributed by atoms with Crippen LogP contribution in [0.2, 0.25) is 0 Å². The van der Waals surface area contributed by atoms with Gasteiger partial charge in [-0.1, -0.05) is 28.1 Å². The Hall–Kier alpha value is -2.07. The van der Waals surface area contributed by atoms with Crippen LogP contribution in [0.3, 0.4) is 0 Å². The van der Waals surface area contributed by atoms with Gasteiger partial charge in [-0.25, -0.2) is 15.0 Å². The Bertz CT molecular complexity index is 918. The summed E-state index contributed by atoms with van der Waals surface area (Å²) >= 11 is 3.46. The van der Waals surface area contributed by atoms with E-state index >= 15 is 0 Å². The standard InChI is InChI=1S/C17H18BrN5O3/c18-11-3-1-2-10(4-11)5-19-16-14-17(21-8-20-16)23(9-22-14)6-13-15(25)12(24)7-26-13/h1-4,8-9,12-13,15,24-25H,5-7H2,(H,19,20,21)/t12-,13-,15?/m1/s1. The molecule has 0 aliphatic carbocycles. The van der Waals surface area contributed by atoms with Crippen LogP contribution in [0.1, 0.15) is 5.56 Å². The molecule has 0 saturated carbocycles. The molecule has 1 aliphatic heterocycles. The molecule has 3 aromatic rings. The fraction of sp³-hybridized carbons (Fsp3) is 0.353. The lowest BCUT2D eigenvalue weighted by Gasteiger charge is -2.15. The maximum absolute atomic E-state index is 9.96. The van der Waals surface area contributed by atoms with E-state index in [1.807, 2.05) is 24.3 Å². The first-order valence-corrected chi connectivity index (χ1v) is 9.03. The molecule has 0 radical (unpaired) electrons. The minimum Gasteiger partial charge on any atom is -0.388 e. The number of fused-ring (bicyclic) bond motifs is 1. The number of aliphatic hydroxyl groups excluding tert-OH is 2. The summed E-state index contributed by atoms with van der Waals surface area (Å²) in [5.74, 6) is 0.640. The Kier molecular flexibility index (Phi) is 4.86. The van der Waals surface area contributed by atoms with Crippen LogP contribution in [0.5, 0.6) is 0 Å². The van der Waals surface area contributed by atoms with E-state index in [0.717, 1.165) is 10.0 Å². The van der Waals surface area contributed by atoms with Gasteiger partial charge in [0.2, 0.25) is 0 Å². The molecule has 3 N–H and O–H groups in total. The molecule has 2 aromatic heterocycles. The molecule has 1 aromatic carbocycles. The molecule has 1 saturated heterocycles. The largest absolute Gasteiger partial charge is 0.388 e. The number of imidazole rings is 1. The minimum atomic E-state index is -0.914. The van der Waals surface area contributed by atoms with Crippen molar-refractivity contribution in [3.8, 4) is 0 Å². The second kappa shape index (κ2) is 7.28. The number of hydrogen-bond donors (Lipinski definition) is 3. The molecular weight excluding hydrogens is 402 g/mol. The van der Waals surface area contributed by atoms with E-state index in [1.54, 1.807) is 10.9 Å². The lowest BCUT2D eigenvalue weighted by Crippen LogP contribution is -2.32. The second-order valence-corrected chi connectivity index (χ2v) is 7.12. The highest BCUT2D eigenvalue weighted by molar-refractivity contribution is 9.10. The molecular formula is C17H18BrN5O3. The van der Waals surface area contributed by atoms with Crippen molar-refractivity contribution in [2.24, 2.45) is 0 Å². The van der Waals surface area contributed by atoms with Crippen molar-refractivity contribution >= 4 is 32.9 Å². The van der Waals surface area contributed by atoms with Crippen LogP contribution in [-0.2, 0) is 17.8 Å². The Balaban J connectivity index is 1.53. The molecule has 9 heteroatoms. The number of ether oxygens (including phenoxy) is 1. The summed E-state index contributed by atoms with van der Waals surface area (Å²) in [7, 11) is 0. The van der Waals surface area contributed by atoms with Gasteiger partial charge in [0.05, 0.1) is 19.5 Å². The fourth-order valence-electron chi connectivity index (χ4n) is 3.00. The maximum Gasteiger partial charge on any atom is 0.165 e. The number of benzene rings is 1. The maximum atomic E-state index is 9.96. The normalized spacial score (nSPS) is 22.8. The van der Waals surface area contributed by atoms with E-state index in [0.29, 0.717) is 30.1 Å². The van der Waals surface area contributed by atoms with Gasteiger partial charge in [0.15, 0.2) is 11.5 Å². The van der Waals surface area contributed by atoms with Gasteiger partial charge in [-0.15, -0.1) is 0 Å². The number of anilines is 1. The number of rotatable bonds is 5. The summed E-state index contributed by atoms with van der Waals surface area (Å²) in [6, 6.07) is 8.02. The average molecular weight is 420 g/mol. The topological polar surface area (TPSA) is 105 Å².